The topological polar surface area (TPSA) is 18.5 Å². The van der Waals surface area contributed by atoms with E-state index in [0.29, 0.717) is 5.92 Å². The lowest BCUT2D eigenvalue weighted by atomic mass is 9.89. The van der Waals surface area contributed by atoms with E-state index in [1.807, 2.05) is 0 Å². The first-order valence-electron chi connectivity index (χ1n) is 9.06. The van der Waals surface area contributed by atoms with Crippen molar-refractivity contribution < 1.29 is 8.85 Å². The molecule has 129 valence electrons. The summed E-state index contributed by atoms with van der Waals surface area (Å²) in [4.78, 5) is 0. The van der Waals surface area contributed by atoms with E-state index in [2.05, 4.69) is 74.5 Å². The van der Waals surface area contributed by atoms with Gasteiger partial charge in [-0.1, -0.05) is 74.5 Å². The van der Waals surface area contributed by atoms with E-state index < -0.39 is 9.28 Å². The molecule has 0 bridgehead atoms. The molecule has 0 saturated carbocycles. The lowest BCUT2D eigenvalue weighted by Crippen LogP contribution is -2.24. The average molecular weight is 342 g/mol. The lowest BCUT2D eigenvalue weighted by Gasteiger charge is -2.21. The largest absolute Gasteiger partial charge is 0.393 e. The Morgan fingerprint density at radius 3 is 1.62 bits per heavy atom. The fourth-order valence-corrected chi connectivity index (χ4v) is 4.54. The van der Waals surface area contributed by atoms with Crippen LogP contribution in [0.25, 0.3) is 0 Å². The molecule has 0 fully saturated rings. The van der Waals surface area contributed by atoms with Crippen molar-refractivity contribution in [3.05, 3.63) is 71.8 Å². The van der Waals surface area contributed by atoms with Crippen LogP contribution in [0.1, 0.15) is 50.2 Å². The van der Waals surface area contributed by atoms with Crippen LogP contribution in [0.5, 0.6) is 0 Å². The van der Waals surface area contributed by atoms with Crippen molar-refractivity contribution in [3.63, 3.8) is 0 Å². The number of benzene rings is 2. The Hall–Kier alpha value is -1.42. The van der Waals surface area contributed by atoms with Gasteiger partial charge in [0.25, 0.3) is 0 Å². The van der Waals surface area contributed by atoms with E-state index in [0.717, 1.165) is 38.5 Å². The summed E-state index contributed by atoms with van der Waals surface area (Å²) in [6.07, 6.45) is 3.16. The maximum absolute atomic E-state index is 6.00. The van der Waals surface area contributed by atoms with E-state index in [1.54, 1.807) is 0 Å². The van der Waals surface area contributed by atoms with Crippen molar-refractivity contribution in [1.29, 1.82) is 0 Å². The zero-order chi connectivity index (χ0) is 17.0. The van der Waals surface area contributed by atoms with E-state index in [4.69, 9.17) is 8.85 Å². The highest BCUT2D eigenvalue weighted by molar-refractivity contribution is 6.44. The third kappa shape index (κ3) is 6.23. The molecule has 0 unspecified atom stereocenters. The Kier molecular flexibility index (Phi) is 8.81. The van der Waals surface area contributed by atoms with Crippen LogP contribution >= 0.6 is 0 Å². The molecule has 0 spiro atoms. The molecule has 0 amide bonds. The minimum absolute atomic E-state index is 0.405. The van der Waals surface area contributed by atoms with Gasteiger partial charge >= 0.3 is 9.28 Å². The second kappa shape index (κ2) is 11.2. The highest BCUT2D eigenvalue weighted by Crippen LogP contribution is 2.30. The minimum Gasteiger partial charge on any atom is -0.393 e. The van der Waals surface area contributed by atoms with Crippen LogP contribution < -0.4 is 0 Å². The van der Waals surface area contributed by atoms with Crippen molar-refractivity contribution in [2.45, 2.75) is 45.1 Å². The van der Waals surface area contributed by atoms with Crippen molar-refractivity contribution >= 4 is 9.28 Å². The van der Waals surface area contributed by atoms with E-state index >= 15 is 0 Å². The van der Waals surface area contributed by atoms with Gasteiger partial charge in [0.05, 0.1) is 0 Å². The van der Waals surface area contributed by atoms with E-state index in [9.17, 15) is 0 Å². The summed E-state index contributed by atoms with van der Waals surface area (Å²) in [6.45, 7) is 5.91. The quantitative estimate of drug-likeness (QED) is 0.499. The fraction of sp³-hybridized carbons (Fsp3) is 0.429. The Labute approximate surface area is 148 Å². The van der Waals surface area contributed by atoms with Gasteiger partial charge in [0.2, 0.25) is 0 Å². The first-order valence-corrected chi connectivity index (χ1v) is 10.6. The van der Waals surface area contributed by atoms with Gasteiger partial charge in [-0.15, -0.1) is 0 Å². The summed E-state index contributed by atoms with van der Waals surface area (Å²) in [5.41, 5.74) is 2.74. The maximum Gasteiger partial charge on any atom is 0.384 e. The van der Waals surface area contributed by atoms with Gasteiger partial charge in [0.15, 0.2) is 0 Å². The molecule has 2 nitrogen and oxygen atoms in total. The molecule has 0 aliphatic rings. The Morgan fingerprint density at radius 1 is 0.750 bits per heavy atom. The number of rotatable bonds is 11. The molecule has 0 atom stereocenters. The van der Waals surface area contributed by atoms with Gasteiger partial charge in [-0.05, 0) is 36.4 Å². The van der Waals surface area contributed by atoms with Gasteiger partial charge in [-0.3, -0.25) is 0 Å². The van der Waals surface area contributed by atoms with Crippen LogP contribution in [-0.4, -0.2) is 22.5 Å². The smallest absolute Gasteiger partial charge is 0.384 e. The fourth-order valence-electron chi connectivity index (χ4n) is 2.78. The molecule has 0 heterocycles. The number of hydrogen-bond donors (Lipinski definition) is 0. The summed E-state index contributed by atoms with van der Waals surface area (Å²) in [6, 6.07) is 22.6. The van der Waals surface area contributed by atoms with Crippen LogP contribution in [0.2, 0.25) is 6.04 Å². The lowest BCUT2D eigenvalue weighted by molar-refractivity contribution is 0.195. The van der Waals surface area contributed by atoms with Gasteiger partial charge in [-0.2, -0.15) is 0 Å². The first kappa shape index (κ1) is 18.9. The normalized spacial score (nSPS) is 11.3. The van der Waals surface area contributed by atoms with Gasteiger partial charge in [0.1, 0.15) is 0 Å². The second-order valence-corrected chi connectivity index (χ2v) is 7.80. The predicted molar refractivity (Wildman–Crippen MR) is 102 cm³/mol. The molecule has 2 aromatic rings. The SMILES string of the molecule is CCCO[Si](CCC(c1ccccc1)c1ccccc1)OCCC. The van der Waals surface area contributed by atoms with Crippen LogP contribution in [0, 0.1) is 0 Å². The van der Waals surface area contributed by atoms with Gasteiger partial charge < -0.3 is 8.85 Å². The standard InChI is InChI=1S/C21H29O2Si/c1-3-16-22-24(23-17-4-2)18-15-21(19-11-7-5-8-12-19)20-13-9-6-10-14-20/h5-14,21H,3-4,15-18H2,1-2H3. The second-order valence-electron chi connectivity index (χ2n) is 5.98. The molecule has 3 heteroatoms. The summed E-state index contributed by atoms with van der Waals surface area (Å²) in [5, 5.41) is 0. The van der Waals surface area contributed by atoms with Crippen molar-refractivity contribution in [3.8, 4) is 0 Å². The summed E-state index contributed by atoms with van der Waals surface area (Å²) < 4.78 is 12.0. The van der Waals surface area contributed by atoms with Crippen molar-refractivity contribution in [1.82, 2.24) is 0 Å². The van der Waals surface area contributed by atoms with Crippen LogP contribution in [0.4, 0.5) is 0 Å². The van der Waals surface area contributed by atoms with Crippen molar-refractivity contribution in [2.24, 2.45) is 0 Å². The zero-order valence-electron chi connectivity index (χ0n) is 14.9. The maximum atomic E-state index is 6.00. The molecule has 0 aromatic heterocycles. The summed E-state index contributed by atoms with van der Waals surface area (Å²) in [5.74, 6) is 0.405. The molecule has 0 saturated heterocycles. The third-order valence-electron chi connectivity index (χ3n) is 3.98. The molecule has 0 aliphatic carbocycles. The highest BCUT2D eigenvalue weighted by atomic mass is 28.3. The minimum atomic E-state index is -1.18. The molecule has 2 aromatic carbocycles. The molecule has 0 N–H and O–H groups in total. The highest BCUT2D eigenvalue weighted by Gasteiger charge is 2.20. The molecular weight excluding hydrogens is 312 g/mol. The van der Waals surface area contributed by atoms with Gasteiger partial charge in [0, 0.05) is 19.1 Å². The monoisotopic (exact) mass is 341 g/mol. The molecular formula is C21H29O2Si. The number of hydrogen-bond acceptors (Lipinski definition) is 2. The molecule has 2 rings (SSSR count). The average Bonchev–Trinajstić information content (AvgIpc) is 2.65. The molecule has 24 heavy (non-hydrogen) atoms. The molecule has 0 aliphatic heterocycles. The Bertz CT molecular complexity index is 497. The first-order chi connectivity index (χ1) is 11.8. The summed E-state index contributed by atoms with van der Waals surface area (Å²) >= 11 is 0. The van der Waals surface area contributed by atoms with E-state index in [1.165, 1.54) is 11.1 Å². The summed E-state index contributed by atoms with van der Waals surface area (Å²) in [7, 11) is -1.18. The van der Waals surface area contributed by atoms with Crippen LogP contribution in [0.3, 0.4) is 0 Å². The Morgan fingerprint density at radius 2 is 1.21 bits per heavy atom. The predicted octanol–water partition coefficient (Wildman–Crippen LogP) is 5.55. The van der Waals surface area contributed by atoms with Crippen LogP contribution in [-0.2, 0) is 8.85 Å². The van der Waals surface area contributed by atoms with Gasteiger partial charge in [-0.25, -0.2) is 0 Å². The zero-order valence-corrected chi connectivity index (χ0v) is 15.9. The van der Waals surface area contributed by atoms with Crippen LogP contribution in [0.15, 0.2) is 60.7 Å². The molecule has 1 radical (unpaired) electrons. The van der Waals surface area contributed by atoms with E-state index in [-0.39, 0.29) is 0 Å². The third-order valence-corrected chi connectivity index (χ3v) is 5.72. The Balaban J connectivity index is 2.07. The van der Waals surface area contributed by atoms with Crippen molar-refractivity contribution in [2.75, 3.05) is 13.2 Å².